The number of hydrogen-bond donors (Lipinski definition) is 3. The molecule has 162 valence electrons. The first kappa shape index (κ1) is 24.0. The average Bonchev–Trinajstić information content (AvgIpc) is 3.10. The van der Waals surface area contributed by atoms with Crippen LogP contribution in [0.2, 0.25) is 0 Å². The molecule has 0 aliphatic carbocycles. The Balaban J connectivity index is 0.00000320. The molecule has 0 aromatic heterocycles. The molecule has 1 amide bonds. The number of halogens is 1. The summed E-state index contributed by atoms with van der Waals surface area (Å²) in [5.41, 5.74) is 3.13. The Labute approximate surface area is 195 Å². The highest BCUT2D eigenvalue weighted by atomic mass is 127. The molecule has 0 saturated heterocycles. The lowest BCUT2D eigenvalue weighted by molar-refractivity contribution is -0.116. The fourth-order valence-electron chi connectivity index (χ4n) is 3.33. The minimum absolute atomic E-state index is 0. The van der Waals surface area contributed by atoms with Gasteiger partial charge in [0.2, 0.25) is 5.91 Å². The van der Waals surface area contributed by atoms with E-state index in [0.29, 0.717) is 25.4 Å². The van der Waals surface area contributed by atoms with Gasteiger partial charge in [0.05, 0.1) is 6.54 Å². The molecular formula is C23H31IN4O2. The van der Waals surface area contributed by atoms with E-state index in [1.54, 1.807) is 7.05 Å². The molecule has 3 rings (SSSR count). The maximum atomic E-state index is 12.0. The molecule has 30 heavy (non-hydrogen) atoms. The summed E-state index contributed by atoms with van der Waals surface area (Å²) < 4.78 is 5.96. The summed E-state index contributed by atoms with van der Waals surface area (Å²) in [5, 5.41) is 9.60. The number of rotatable bonds is 7. The highest BCUT2D eigenvalue weighted by Gasteiger charge is 2.22. The molecule has 1 aliphatic heterocycles. The van der Waals surface area contributed by atoms with Crippen LogP contribution in [0.15, 0.2) is 53.5 Å². The van der Waals surface area contributed by atoms with Crippen LogP contribution in [0.25, 0.3) is 0 Å². The monoisotopic (exact) mass is 522 g/mol. The molecule has 7 heteroatoms. The van der Waals surface area contributed by atoms with Crippen molar-refractivity contribution in [2.75, 3.05) is 18.9 Å². The average molecular weight is 522 g/mol. The van der Waals surface area contributed by atoms with Gasteiger partial charge in [-0.3, -0.25) is 9.79 Å². The number of guanidine groups is 1. The van der Waals surface area contributed by atoms with Crippen molar-refractivity contribution in [3.8, 4) is 5.75 Å². The number of nitrogens with zero attached hydrogens (tertiary/aromatic N) is 1. The maximum Gasteiger partial charge on any atom is 0.224 e. The largest absolute Gasteiger partial charge is 0.488 e. The molecule has 0 fully saturated rings. The van der Waals surface area contributed by atoms with Crippen LogP contribution in [0.4, 0.5) is 5.69 Å². The second-order valence-corrected chi connectivity index (χ2v) is 7.70. The molecular weight excluding hydrogens is 491 g/mol. The maximum absolute atomic E-state index is 12.0. The minimum Gasteiger partial charge on any atom is -0.488 e. The van der Waals surface area contributed by atoms with Crippen LogP contribution >= 0.6 is 24.0 Å². The topological polar surface area (TPSA) is 74.8 Å². The van der Waals surface area contributed by atoms with Crippen LogP contribution < -0.4 is 20.7 Å². The highest BCUT2D eigenvalue weighted by molar-refractivity contribution is 14.0. The Bertz CT molecular complexity index is 845. The summed E-state index contributed by atoms with van der Waals surface area (Å²) in [5.74, 6) is 2.07. The van der Waals surface area contributed by atoms with Gasteiger partial charge in [0, 0.05) is 32.1 Å². The summed E-state index contributed by atoms with van der Waals surface area (Å²) in [6.45, 7) is 5.36. The summed E-state index contributed by atoms with van der Waals surface area (Å²) >= 11 is 0. The van der Waals surface area contributed by atoms with Crippen molar-refractivity contribution in [2.45, 2.75) is 39.3 Å². The molecule has 6 nitrogen and oxygen atoms in total. The summed E-state index contributed by atoms with van der Waals surface area (Å²) in [7, 11) is 1.75. The number of anilines is 1. The molecule has 0 bridgehead atoms. The number of carbonyl (C=O) groups excluding carboxylic acids is 1. The lowest BCUT2D eigenvalue weighted by atomic mass is 10.1. The third kappa shape index (κ3) is 7.19. The van der Waals surface area contributed by atoms with Crippen molar-refractivity contribution in [3.05, 3.63) is 59.7 Å². The van der Waals surface area contributed by atoms with Gasteiger partial charge in [0.1, 0.15) is 11.9 Å². The lowest BCUT2D eigenvalue weighted by Crippen LogP contribution is -2.41. The molecule has 2 aromatic rings. The minimum atomic E-state index is 0. The molecule has 0 radical (unpaired) electrons. The zero-order valence-corrected chi connectivity index (χ0v) is 20.1. The van der Waals surface area contributed by atoms with E-state index in [0.717, 1.165) is 29.4 Å². The number of hydrogen-bond acceptors (Lipinski definition) is 3. The van der Waals surface area contributed by atoms with Gasteiger partial charge in [-0.25, -0.2) is 0 Å². The molecule has 2 aromatic carbocycles. The van der Waals surface area contributed by atoms with Crippen LogP contribution in [0.5, 0.6) is 5.75 Å². The molecule has 1 aliphatic rings. The van der Waals surface area contributed by atoms with Crippen LogP contribution in [0, 0.1) is 5.92 Å². The number of ether oxygens (including phenoxy) is 1. The van der Waals surface area contributed by atoms with E-state index in [9.17, 15) is 4.79 Å². The molecule has 0 saturated carbocycles. The van der Waals surface area contributed by atoms with Crippen molar-refractivity contribution in [1.29, 1.82) is 0 Å². The third-order valence-corrected chi connectivity index (χ3v) is 4.70. The number of carbonyl (C=O) groups is 1. The Morgan fingerprint density at radius 2 is 1.97 bits per heavy atom. The predicted molar refractivity (Wildman–Crippen MR) is 133 cm³/mol. The van der Waals surface area contributed by atoms with Crippen molar-refractivity contribution in [1.82, 2.24) is 10.6 Å². The fraction of sp³-hybridized carbons (Fsp3) is 0.391. The number of nitrogens with one attached hydrogen (secondary N) is 3. The molecule has 3 N–H and O–H groups in total. The Kier molecular flexibility index (Phi) is 9.42. The normalized spacial score (nSPS) is 15.1. The first-order valence-electron chi connectivity index (χ1n) is 10.1. The predicted octanol–water partition coefficient (Wildman–Crippen LogP) is 3.96. The van der Waals surface area contributed by atoms with Crippen molar-refractivity contribution < 1.29 is 9.53 Å². The van der Waals surface area contributed by atoms with Gasteiger partial charge in [0.25, 0.3) is 0 Å². The fourth-order valence-corrected chi connectivity index (χ4v) is 3.33. The first-order chi connectivity index (χ1) is 14.0. The van der Waals surface area contributed by atoms with Gasteiger partial charge < -0.3 is 20.7 Å². The second kappa shape index (κ2) is 11.8. The van der Waals surface area contributed by atoms with E-state index in [1.807, 2.05) is 56.3 Å². The van der Waals surface area contributed by atoms with Gasteiger partial charge >= 0.3 is 0 Å². The van der Waals surface area contributed by atoms with Crippen LogP contribution in [0.3, 0.4) is 0 Å². The SMILES string of the molecule is CN=C(NCc1cccc(NC(=O)CC(C)C)c1)NCC1Cc2ccccc2O1.I. The molecule has 0 spiro atoms. The quantitative estimate of drug-likeness (QED) is 0.293. The van der Waals surface area contributed by atoms with E-state index in [-0.39, 0.29) is 36.0 Å². The van der Waals surface area contributed by atoms with E-state index in [1.165, 1.54) is 5.56 Å². The molecule has 1 atom stereocenters. The Morgan fingerprint density at radius 3 is 2.70 bits per heavy atom. The smallest absolute Gasteiger partial charge is 0.224 e. The number of aliphatic imine (C=N–C) groups is 1. The zero-order chi connectivity index (χ0) is 20.6. The lowest BCUT2D eigenvalue weighted by Gasteiger charge is -2.16. The molecule has 1 heterocycles. The summed E-state index contributed by atoms with van der Waals surface area (Å²) in [6.07, 6.45) is 1.52. The highest BCUT2D eigenvalue weighted by Crippen LogP contribution is 2.27. The van der Waals surface area contributed by atoms with Crippen LogP contribution in [-0.2, 0) is 17.8 Å². The number of fused-ring (bicyclic) bond motifs is 1. The number of amides is 1. The van der Waals surface area contributed by atoms with E-state index in [4.69, 9.17) is 4.74 Å². The summed E-state index contributed by atoms with van der Waals surface area (Å²) in [6, 6.07) is 16.0. The zero-order valence-electron chi connectivity index (χ0n) is 17.8. The number of para-hydroxylation sites is 1. The summed E-state index contributed by atoms with van der Waals surface area (Å²) in [4.78, 5) is 16.3. The van der Waals surface area contributed by atoms with Crippen molar-refractivity contribution >= 4 is 41.5 Å². The van der Waals surface area contributed by atoms with Gasteiger partial charge in [-0.1, -0.05) is 44.2 Å². The standard InChI is InChI=1S/C23H30N4O2.HI/c1-16(2)11-22(28)27-19-9-6-7-17(12-19)14-25-23(24-3)26-15-20-13-18-8-4-5-10-21(18)29-20;/h4-10,12,16,20H,11,13-15H2,1-3H3,(H,27,28)(H2,24,25,26);1H. The van der Waals surface area contributed by atoms with Crippen LogP contribution in [-0.4, -0.2) is 31.6 Å². The van der Waals surface area contributed by atoms with Gasteiger partial charge in [-0.15, -0.1) is 24.0 Å². The van der Waals surface area contributed by atoms with E-state index < -0.39 is 0 Å². The van der Waals surface area contributed by atoms with Gasteiger partial charge in [-0.2, -0.15) is 0 Å². The number of benzene rings is 2. The van der Waals surface area contributed by atoms with Crippen molar-refractivity contribution in [2.24, 2.45) is 10.9 Å². The van der Waals surface area contributed by atoms with Crippen LogP contribution in [0.1, 0.15) is 31.4 Å². The third-order valence-electron chi connectivity index (χ3n) is 4.70. The van der Waals surface area contributed by atoms with Crippen molar-refractivity contribution in [3.63, 3.8) is 0 Å². The van der Waals surface area contributed by atoms with Gasteiger partial charge in [-0.05, 0) is 35.2 Å². The molecule has 1 unspecified atom stereocenters. The Hall–Kier alpha value is -2.29. The first-order valence-corrected chi connectivity index (χ1v) is 10.1. The van der Waals surface area contributed by atoms with E-state index >= 15 is 0 Å². The van der Waals surface area contributed by atoms with E-state index in [2.05, 4.69) is 27.0 Å². The second-order valence-electron chi connectivity index (χ2n) is 7.70. The Morgan fingerprint density at radius 1 is 1.17 bits per heavy atom. The van der Waals surface area contributed by atoms with Gasteiger partial charge in [0.15, 0.2) is 5.96 Å².